The number of aromatic nitrogens is 1. The summed E-state index contributed by atoms with van der Waals surface area (Å²) in [6.07, 6.45) is 4.93. The fraction of sp³-hybridized carbons (Fsp3) is 0.500. The van der Waals surface area contributed by atoms with Crippen molar-refractivity contribution in [3.63, 3.8) is 0 Å². The Morgan fingerprint density at radius 2 is 1.72 bits per heavy atom. The first-order valence-corrected chi connectivity index (χ1v) is 16.4. The molecule has 1 aromatic heterocycles. The number of ether oxygens (including phenoxy) is 2. The van der Waals surface area contributed by atoms with Crippen LogP contribution in [0, 0.1) is 11.7 Å². The normalized spacial score (nSPS) is 22.5. The van der Waals surface area contributed by atoms with Crippen LogP contribution in [0.2, 0.25) is 5.02 Å². The number of rotatable bonds is 10. The number of benzene rings is 2. The molecule has 6 rings (SSSR count). The first kappa shape index (κ1) is 32.6. The number of fused-ring (bicyclic) bond motifs is 1. The number of hydrogen-bond donors (Lipinski definition) is 2. The highest BCUT2D eigenvalue weighted by molar-refractivity contribution is 6.34. The van der Waals surface area contributed by atoms with Gasteiger partial charge in [-0.15, -0.1) is 0 Å². The monoisotopic (exact) mass is 654 g/mol. The Kier molecular flexibility index (Phi) is 9.77. The van der Waals surface area contributed by atoms with Crippen LogP contribution in [0.1, 0.15) is 54.4 Å². The molecule has 246 valence electrons. The van der Waals surface area contributed by atoms with Gasteiger partial charge in [-0.05, 0) is 62.3 Å². The van der Waals surface area contributed by atoms with E-state index in [2.05, 4.69) is 10.2 Å². The van der Waals surface area contributed by atoms with Gasteiger partial charge >= 0.3 is 5.97 Å². The topological polar surface area (TPSA) is 113 Å². The third-order valence-electron chi connectivity index (χ3n) is 9.57. The van der Waals surface area contributed by atoms with E-state index < -0.39 is 29.5 Å². The standard InChI is InChI=1S/C34H40ClFN4O6/c1-38-21-26(25-6-2-3-7-30(25)38)32(42)37-29-20-28(36)23(18-27(29)35)19-31(41)34(39-12-4-5-13-39,40-14-16-45-17-15-40)46-24-10-8-22(9-11-24)33(43)44/h2-3,6-7,18,20-22,24H,4-5,8-17,19H2,1H3,(H,37,42)(H,43,44). The molecule has 3 heterocycles. The van der Waals surface area contributed by atoms with Crippen molar-refractivity contribution >= 4 is 45.9 Å². The van der Waals surface area contributed by atoms with Gasteiger partial charge in [0.25, 0.3) is 5.91 Å². The molecule has 2 aliphatic heterocycles. The second-order valence-electron chi connectivity index (χ2n) is 12.5. The lowest BCUT2D eigenvalue weighted by Crippen LogP contribution is -2.69. The number of ketones is 1. The van der Waals surface area contributed by atoms with E-state index in [1.54, 1.807) is 6.20 Å². The summed E-state index contributed by atoms with van der Waals surface area (Å²) < 4.78 is 30.1. The van der Waals surface area contributed by atoms with Gasteiger partial charge in [0, 0.05) is 56.7 Å². The third kappa shape index (κ3) is 6.44. The van der Waals surface area contributed by atoms with Gasteiger partial charge in [0.15, 0.2) is 5.78 Å². The van der Waals surface area contributed by atoms with Crippen molar-refractivity contribution in [1.82, 2.24) is 14.4 Å². The molecule has 0 spiro atoms. The fourth-order valence-corrected chi connectivity index (χ4v) is 7.37. The van der Waals surface area contributed by atoms with Crippen LogP contribution in [0.15, 0.2) is 42.6 Å². The van der Waals surface area contributed by atoms with Gasteiger partial charge in [-0.25, -0.2) is 4.39 Å². The van der Waals surface area contributed by atoms with Crippen molar-refractivity contribution in [1.29, 1.82) is 0 Å². The lowest BCUT2D eigenvalue weighted by atomic mass is 9.87. The van der Waals surface area contributed by atoms with E-state index in [1.807, 2.05) is 40.8 Å². The molecular weight excluding hydrogens is 615 g/mol. The van der Waals surface area contributed by atoms with E-state index in [1.165, 1.54) is 6.07 Å². The molecule has 1 unspecified atom stereocenters. The Bertz CT molecular complexity index is 1610. The number of hydrogen-bond acceptors (Lipinski definition) is 7. The molecular formula is C34H40ClFN4O6. The number of aryl methyl sites for hydroxylation is 1. The van der Waals surface area contributed by atoms with Crippen molar-refractivity contribution in [3.05, 3.63) is 64.6 Å². The number of likely N-dealkylation sites (tertiary alicyclic amines) is 1. The second kappa shape index (κ2) is 13.8. The summed E-state index contributed by atoms with van der Waals surface area (Å²) in [6, 6.07) is 10.1. The smallest absolute Gasteiger partial charge is 0.306 e. The van der Waals surface area contributed by atoms with Gasteiger partial charge in [0.2, 0.25) is 5.85 Å². The maximum absolute atomic E-state index is 15.8. The minimum Gasteiger partial charge on any atom is -0.481 e. The molecule has 12 heteroatoms. The highest BCUT2D eigenvalue weighted by Gasteiger charge is 2.53. The zero-order chi connectivity index (χ0) is 32.4. The van der Waals surface area contributed by atoms with Crippen LogP contribution in [0.5, 0.6) is 0 Å². The van der Waals surface area contributed by atoms with Crippen LogP contribution in [-0.4, -0.2) is 88.5 Å². The van der Waals surface area contributed by atoms with Crippen molar-refractivity contribution in [3.8, 4) is 0 Å². The van der Waals surface area contributed by atoms with Gasteiger partial charge in [0.1, 0.15) is 5.82 Å². The fourth-order valence-electron chi connectivity index (χ4n) is 7.13. The summed E-state index contributed by atoms with van der Waals surface area (Å²) in [5, 5.41) is 13.1. The first-order valence-electron chi connectivity index (χ1n) is 16.0. The number of aliphatic carboxylic acids is 1. The molecule has 2 aromatic carbocycles. The molecule has 3 aliphatic rings. The zero-order valence-corrected chi connectivity index (χ0v) is 26.7. The van der Waals surface area contributed by atoms with Crippen LogP contribution < -0.4 is 5.32 Å². The molecule has 2 N–H and O–H groups in total. The highest BCUT2D eigenvalue weighted by Crippen LogP contribution is 2.37. The quantitative estimate of drug-likeness (QED) is 0.311. The Morgan fingerprint density at radius 3 is 2.41 bits per heavy atom. The number of carboxylic acids is 1. The number of carboxylic acid groups (broad SMARTS) is 1. The second-order valence-corrected chi connectivity index (χ2v) is 12.9. The minimum absolute atomic E-state index is 0.105. The van der Waals surface area contributed by atoms with E-state index in [0.717, 1.165) is 29.8 Å². The number of anilines is 1. The van der Waals surface area contributed by atoms with E-state index >= 15 is 4.39 Å². The van der Waals surface area contributed by atoms with E-state index in [0.29, 0.717) is 70.6 Å². The molecule has 3 aromatic rings. The van der Waals surface area contributed by atoms with Crippen molar-refractivity contribution in [2.45, 2.75) is 56.9 Å². The number of morpholine rings is 1. The molecule has 1 atom stereocenters. The van der Waals surface area contributed by atoms with Crippen LogP contribution in [0.25, 0.3) is 10.9 Å². The molecule has 1 saturated carbocycles. The molecule has 1 amide bonds. The molecule has 1 aliphatic carbocycles. The predicted molar refractivity (Wildman–Crippen MR) is 171 cm³/mol. The maximum atomic E-state index is 15.8. The van der Waals surface area contributed by atoms with Crippen molar-refractivity contribution in [2.75, 3.05) is 44.7 Å². The molecule has 2 saturated heterocycles. The van der Waals surface area contributed by atoms with E-state index in [-0.39, 0.29) is 34.6 Å². The summed E-state index contributed by atoms with van der Waals surface area (Å²) in [7, 11) is 1.85. The van der Waals surface area contributed by atoms with Crippen molar-refractivity contribution in [2.24, 2.45) is 13.0 Å². The van der Waals surface area contributed by atoms with Crippen LogP contribution in [0.4, 0.5) is 10.1 Å². The Morgan fingerprint density at radius 1 is 1.04 bits per heavy atom. The Balaban J connectivity index is 1.26. The number of carbonyl (C=O) groups excluding carboxylic acids is 2. The van der Waals surface area contributed by atoms with Gasteiger partial charge in [-0.3, -0.25) is 24.2 Å². The summed E-state index contributed by atoms with van der Waals surface area (Å²) in [6.45, 7) is 3.10. The van der Waals surface area contributed by atoms with Gasteiger partial charge in [0.05, 0.1) is 41.5 Å². The number of amides is 1. The first-order chi connectivity index (χ1) is 22.2. The molecule has 0 radical (unpaired) electrons. The molecule has 10 nitrogen and oxygen atoms in total. The SMILES string of the molecule is Cn1cc(C(=O)Nc2cc(F)c(CC(=O)C(OC3CCC(C(=O)O)CC3)(N3CCCC3)N3CCOCC3)cc2Cl)c2ccccc21. The Hall–Kier alpha value is -3.35. The zero-order valence-electron chi connectivity index (χ0n) is 26.0. The average Bonchev–Trinajstić information content (AvgIpc) is 3.72. The average molecular weight is 655 g/mol. The Labute approximate surface area is 272 Å². The summed E-state index contributed by atoms with van der Waals surface area (Å²) in [5.74, 6) is -4.06. The van der Waals surface area contributed by atoms with Gasteiger partial charge in [-0.2, -0.15) is 0 Å². The number of para-hydroxylation sites is 1. The minimum atomic E-state index is -1.44. The van der Waals surface area contributed by atoms with Gasteiger partial charge < -0.3 is 24.5 Å². The van der Waals surface area contributed by atoms with Crippen LogP contribution in [-0.2, 0) is 32.5 Å². The predicted octanol–water partition coefficient (Wildman–Crippen LogP) is 5.08. The van der Waals surface area contributed by atoms with E-state index in [9.17, 15) is 19.5 Å². The molecule has 46 heavy (non-hydrogen) atoms. The number of halogens is 2. The summed E-state index contributed by atoms with van der Waals surface area (Å²) in [4.78, 5) is 43.5. The lowest BCUT2D eigenvalue weighted by Gasteiger charge is -2.50. The van der Waals surface area contributed by atoms with E-state index in [4.69, 9.17) is 21.1 Å². The summed E-state index contributed by atoms with van der Waals surface area (Å²) >= 11 is 6.61. The molecule has 0 bridgehead atoms. The maximum Gasteiger partial charge on any atom is 0.306 e. The van der Waals surface area contributed by atoms with Crippen LogP contribution >= 0.6 is 11.6 Å². The highest BCUT2D eigenvalue weighted by atomic mass is 35.5. The van der Waals surface area contributed by atoms with Crippen molar-refractivity contribution < 1.29 is 33.4 Å². The number of nitrogens with one attached hydrogen (secondary N) is 1. The van der Waals surface area contributed by atoms with Crippen LogP contribution in [0.3, 0.4) is 0 Å². The van der Waals surface area contributed by atoms with Gasteiger partial charge in [-0.1, -0.05) is 29.8 Å². The largest absolute Gasteiger partial charge is 0.481 e. The number of carbonyl (C=O) groups is 3. The third-order valence-corrected chi connectivity index (χ3v) is 9.88. The summed E-state index contributed by atoms with van der Waals surface area (Å²) in [5.41, 5.74) is 1.54. The lowest BCUT2D eigenvalue weighted by molar-refractivity contribution is -0.265. The number of nitrogens with zero attached hydrogens (tertiary/aromatic N) is 3. The number of Topliss-reactive ketones (excluding diaryl/α,β-unsaturated/α-hetero) is 1. The molecule has 3 fully saturated rings.